The molecule has 122 valence electrons. The van der Waals surface area contributed by atoms with Crippen LogP contribution in [0.5, 0.6) is 5.88 Å². The molecule has 2 aromatic rings. The minimum atomic E-state index is -0.924. The molecule has 1 fully saturated rings. The minimum Gasteiger partial charge on any atom is -0.481 e. The zero-order chi connectivity index (χ0) is 16.6. The highest BCUT2D eigenvalue weighted by molar-refractivity contribution is 5.98. The van der Waals surface area contributed by atoms with E-state index in [4.69, 9.17) is 4.74 Å². The summed E-state index contributed by atoms with van der Waals surface area (Å²) in [6.45, 7) is 4.14. The van der Waals surface area contributed by atoms with Gasteiger partial charge in [-0.05, 0) is 44.2 Å². The molecule has 1 N–H and O–H groups in total. The topological polar surface area (TPSA) is 62.7 Å². The van der Waals surface area contributed by atoms with Crippen molar-refractivity contribution in [2.24, 2.45) is 0 Å². The molecule has 5 nitrogen and oxygen atoms in total. The molecule has 3 rings (SSSR count). The number of carbonyl (C=O) groups is 1. The fourth-order valence-corrected chi connectivity index (χ4v) is 3.32. The number of likely N-dealkylation sites (tertiary alicyclic amines) is 1. The smallest absolute Gasteiger partial charge is 0.272 e. The summed E-state index contributed by atoms with van der Waals surface area (Å²) in [4.78, 5) is 19.0. The lowest BCUT2D eigenvalue weighted by molar-refractivity contribution is 0.000109. The van der Waals surface area contributed by atoms with E-state index in [-0.39, 0.29) is 11.9 Å². The van der Waals surface area contributed by atoms with E-state index in [1.807, 2.05) is 24.3 Å². The van der Waals surface area contributed by atoms with E-state index < -0.39 is 5.60 Å². The Bertz CT molecular complexity index is 737. The Kier molecular flexibility index (Phi) is 3.98. The number of ether oxygens (including phenoxy) is 1. The molecule has 1 aromatic carbocycles. The molecule has 1 unspecified atom stereocenters. The first-order valence-electron chi connectivity index (χ1n) is 7.89. The average molecular weight is 314 g/mol. The van der Waals surface area contributed by atoms with Gasteiger partial charge in [0.2, 0.25) is 5.88 Å². The zero-order valence-electron chi connectivity index (χ0n) is 13.7. The highest BCUT2D eigenvalue weighted by Crippen LogP contribution is 2.30. The SMILES string of the molecule is COc1nc(C(=O)N2CCCC2C(C)(C)O)cc2ccccc12. The summed E-state index contributed by atoms with van der Waals surface area (Å²) in [6, 6.07) is 9.30. The second-order valence-electron chi connectivity index (χ2n) is 6.55. The summed E-state index contributed by atoms with van der Waals surface area (Å²) in [6.07, 6.45) is 1.70. The zero-order valence-corrected chi connectivity index (χ0v) is 13.7. The van der Waals surface area contributed by atoms with Crippen LogP contribution in [0.3, 0.4) is 0 Å². The van der Waals surface area contributed by atoms with Gasteiger partial charge >= 0.3 is 0 Å². The third kappa shape index (κ3) is 2.88. The van der Waals surface area contributed by atoms with Crippen molar-refractivity contribution in [1.82, 2.24) is 9.88 Å². The van der Waals surface area contributed by atoms with Gasteiger partial charge in [0.15, 0.2) is 0 Å². The van der Waals surface area contributed by atoms with Crippen LogP contribution in [0.1, 0.15) is 37.2 Å². The summed E-state index contributed by atoms with van der Waals surface area (Å²) in [5, 5.41) is 12.1. The maximum Gasteiger partial charge on any atom is 0.272 e. The van der Waals surface area contributed by atoms with Crippen LogP contribution in [0.15, 0.2) is 30.3 Å². The predicted octanol–water partition coefficient (Wildman–Crippen LogP) is 2.62. The number of nitrogens with zero attached hydrogens (tertiary/aromatic N) is 2. The van der Waals surface area contributed by atoms with E-state index >= 15 is 0 Å². The highest BCUT2D eigenvalue weighted by Gasteiger charge is 2.39. The van der Waals surface area contributed by atoms with E-state index in [2.05, 4.69) is 4.98 Å². The molecule has 1 saturated heterocycles. The van der Waals surface area contributed by atoms with Crippen molar-refractivity contribution in [3.63, 3.8) is 0 Å². The normalized spacial score (nSPS) is 18.4. The van der Waals surface area contributed by atoms with Gasteiger partial charge in [0, 0.05) is 11.9 Å². The standard InChI is InChI=1S/C18H22N2O3/c1-18(2,22)15-9-6-10-20(15)17(21)14-11-12-7-4-5-8-13(12)16(19-14)23-3/h4-5,7-8,11,15,22H,6,9-10H2,1-3H3. The maximum atomic E-state index is 12.9. The molecule has 1 aromatic heterocycles. The van der Waals surface area contributed by atoms with Gasteiger partial charge in [-0.2, -0.15) is 0 Å². The lowest BCUT2D eigenvalue weighted by atomic mass is 9.96. The highest BCUT2D eigenvalue weighted by atomic mass is 16.5. The Morgan fingerprint density at radius 2 is 2.13 bits per heavy atom. The average Bonchev–Trinajstić information content (AvgIpc) is 3.03. The molecule has 2 heterocycles. The van der Waals surface area contributed by atoms with E-state index in [0.717, 1.165) is 23.6 Å². The molecule has 1 aliphatic rings. The molecule has 0 saturated carbocycles. The number of hydrogen-bond acceptors (Lipinski definition) is 4. The lowest BCUT2D eigenvalue weighted by Crippen LogP contribution is -2.48. The van der Waals surface area contributed by atoms with E-state index in [9.17, 15) is 9.90 Å². The fraction of sp³-hybridized carbons (Fsp3) is 0.444. The molecule has 0 spiro atoms. The molecular formula is C18H22N2O3. The van der Waals surface area contributed by atoms with Gasteiger partial charge in [-0.15, -0.1) is 0 Å². The van der Waals surface area contributed by atoms with Crippen molar-refractivity contribution in [2.75, 3.05) is 13.7 Å². The Morgan fingerprint density at radius 1 is 1.39 bits per heavy atom. The number of aliphatic hydroxyl groups is 1. The second-order valence-corrected chi connectivity index (χ2v) is 6.55. The largest absolute Gasteiger partial charge is 0.481 e. The van der Waals surface area contributed by atoms with Crippen molar-refractivity contribution < 1.29 is 14.6 Å². The number of carbonyl (C=O) groups excluding carboxylic acids is 1. The number of amides is 1. The van der Waals surface area contributed by atoms with Gasteiger partial charge in [0.05, 0.1) is 18.8 Å². The van der Waals surface area contributed by atoms with Crippen molar-refractivity contribution in [2.45, 2.75) is 38.3 Å². The van der Waals surface area contributed by atoms with Crippen LogP contribution in [0.25, 0.3) is 10.8 Å². The molecule has 1 amide bonds. The first-order valence-corrected chi connectivity index (χ1v) is 7.89. The van der Waals surface area contributed by atoms with Crippen LogP contribution in [-0.2, 0) is 0 Å². The van der Waals surface area contributed by atoms with Crippen LogP contribution < -0.4 is 4.74 Å². The molecule has 0 aliphatic carbocycles. The van der Waals surface area contributed by atoms with Crippen molar-refractivity contribution in [1.29, 1.82) is 0 Å². The third-order valence-electron chi connectivity index (χ3n) is 4.45. The van der Waals surface area contributed by atoms with E-state index in [1.54, 1.807) is 31.9 Å². The molecule has 1 aliphatic heterocycles. The Morgan fingerprint density at radius 3 is 2.83 bits per heavy atom. The number of fused-ring (bicyclic) bond motifs is 1. The van der Waals surface area contributed by atoms with Crippen molar-refractivity contribution in [3.05, 3.63) is 36.0 Å². The molecule has 1 atom stereocenters. The van der Waals surface area contributed by atoms with Gasteiger partial charge in [0.25, 0.3) is 5.91 Å². The van der Waals surface area contributed by atoms with Gasteiger partial charge in [0.1, 0.15) is 5.69 Å². The maximum absolute atomic E-state index is 12.9. The molecule has 0 bridgehead atoms. The quantitative estimate of drug-likeness (QED) is 0.946. The third-order valence-corrected chi connectivity index (χ3v) is 4.45. The number of hydrogen-bond donors (Lipinski definition) is 1. The number of aromatic nitrogens is 1. The van der Waals surface area contributed by atoms with Crippen LogP contribution in [0.2, 0.25) is 0 Å². The molecule has 23 heavy (non-hydrogen) atoms. The summed E-state index contributed by atoms with van der Waals surface area (Å²) in [5.41, 5.74) is -0.565. The van der Waals surface area contributed by atoms with Crippen molar-refractivity contribution in [3.8, 4) is 5.88 Å². The summed E-state index contributed by atoms with van der Waals surface area (Å²) >= 11 is 0. The summed E-state index contributed by atoms with van der Waals surface area (Å²) < 4.78 is 5.34. The summed E-state index contributed by atoms with van der Waals surface area (Å²) in [7, 11) is 1.55. The van der Waals surface area contributed by atoms with Gasteiger partial charge in [-0.3, -0.25) is 4.79 Å². The van der Waals surface area contributed by atoms with E-state index in [0.29, 0.717) is 18.1 Å². The lowest BCUT2D eigenvalue weighted by Gasteiger charge is -2.33. The second kappa shape index (κ2) is 5.81. The van der Waals surface area contributed by atoms with E-state index in [1.165, 1.54) is 0 Å². The Balaban J connectivity index is 2.01. The van der Waals surface area contributed by atoms with Crippen LogP contribution in [-0.4, -0.2) is 46.2 Å². The predicted molar refractivity (Wildman–Crippen MR) is 88.7 cm³/mol. The summed E-state index contributed by atoms with van der Waals surface area (Å²) in [5.74, 6) is 0.295. The van der Waals surface area contributed by atoms with Gasteiger partial charge in [-0.1, -0.05) is 18.2 Å². The molecule has 0 radical (unpaired) electrons. The van der Waals surface area contributed by atoms with Crippen LogP contribution in [0.4, 0.5) is 0 Å². The molecule has 5 heteroatoms. The number of methoxy groups -OCH3 is 1. The van der Waals surface area contributed by atoms with Gasteiger partial charge < -0.3 is 14.7 Å². The number of benzene rings is 1. The van der Waals surface area contributed by atoms with Crippen LogP contribution in [0, 0.1) is 0 Å². The monoisotopic (exact) mass is 314 g/mol. The first kappa shape index (κ1) is 15.7. The van der Waals surface area contributed by atoms with Crippen molar-refractivity contribution >= 4 is 16.7 Å². The Hall–Kier alpha value is -2.14. The number of pyridine rings is 1. The van der Waals surface area contributed by atoms with Crippen LogP contribution >= 0.6 is 0 Å². The first-order chi connectivity index (χ1) is 10.9. The molecular weight excluding hydrogens is 292 g/mol. The minimum absolute atomic E-state index is 0.154. The number of rotatable bonds is 3. The Labute approximate surface area is 135 Å². The van der Waals surface area contributed by atoms with Gasteiger partial charge in [-0.25, -0.2) is 4.98 Å². The fourth-order valence-electron chi connectivity index (χ4n) is 3.32.